The van der Waals surface area contributed by atoms with E-state index in [1.54, 1.807) is 4.68 Å². The highest BCUT2D eigenvalue weighted by Gasteiger charge is 2.23. The number of nitrogens with one attached hydrogen (secondary N) is 1. The molecule has 1 aliphatic rings. The first kappa shape index (κ1) is 11.4. The largest absolute Gasteiger partial charge is 0.379 e. The maximum absolute atomic E-state index is 11.3. The van der Waals surface area contributed by atoms with E-state index in [9.17, 15) is 8.42 Å². The Labute approximate surface area is 95.8 Å². The summed E-state index contributed by atoms with van der Waals surface area (Å²) in [6, 6.07) is 0.256. The van der Waals surface area contributed by atoms with Crippen LogP contribution in [0.2, 0.25) is 0 Å². The van der Waals surface area contributed by atoms with Gasteiger partial charge in [-0.2, -0.15) is 5.10 Å². The molecule has 1 aromatic rings. The summed E-state index contributed by atoms with van der Waals surface area (Å²) < 4.78 is 24.3. The number of aromatic nitrogens is 2. The SMILES string of the molecule is Cc1nn(C)cc1NC1CCS(=O)(=O)CC1. The Morgan fingerprint density at radius 2 is 2.06 bits per heavy atom. The number of anilines is 1. The van der Waals surface area contributed by atoms with Crippen LogP contribution in [0.15, 0.2) is 6.20 Å². The number of nitrogens with zero attached hydrogens (tertiary/aromatic N) is 2. The van der Waals surface area contributed by atoms with Crippen LogP contribution in [0.4, 0.5) is 5.69 Å². The van der Waals surface area contributed by atoms with Crippen LogP contribution in [-0.2, 0) is 16.9 Å². The molecule has 1 aliphatic heterocycles. The van der Waals surface area contributed by atoms with Crippen LogP contribution in [0.3, 0.4) is 0 Å². The van der Waals surface area contributed by atoms with Crippen LogP contribution >= 0.6 is 0 Å². The minimum Gasteiger partial charge on any atom is -0.379 e. The van der Waals surface area contributed by atoms with Crippen LogP contribution in [0.5, 0.6) is 0 Å². The zero-order valence-electron chi connectivity index (χ0n) is 9.60. The molecule has 0 amide bonds. The van der Waals surface area contributed by atoms with Crippen molar-refractivity contribution in [2.24, 2.45) is 7.05 Å². The van der Waals surface area contributed by atoms with Gasteiger partial charge in [0.15, 0.2) is 0 Å². The first-order valence-electron chi connectivity index (χ1n) is 5.43. The zero-order valence-corrected chi connectivity index (χ0v) is 10.4. The van der Waals surface area contributed by atoms with Crippen molar-refractivity contribution in [3.63, 3.8) is 0 Å². The van der Waals surface area contributed by atoms with E-state index in [2.05, 4.69) is 10.4 Å². The van der Waals surface area contributed by atoms with Crippen molar-refractivity contribution in [3.05, 3.63) is 11.9 Å². The molecular weight excluding hydrogens is 226 g/mol. The second-order valence-electron chi connectivity index (χ2n) is 4.37. The van der Waals surface area contributed by atoms with E-state index in [1.165, 1.54) is 0 Å². The van der Waals surface area contributed by atoms with Gasteiger partial charge in [0.1, 0.15) is 9.84 Å². The zero-order chi connectivity index (χ0) is 11.8. The van der Waals surface area contributed by atoms with E-state index in [-0.39, 0.29) is 6.04 Å². The van der Waals surface area contributed by atoms with Gasteiger partial charge in [0.25, 0.3) is 0 Å². The van der Waals surface area contributed by atoms with Crippen molar-refractivity contribution in [3.8, 4) is 0 Å². The second-order valence-corrected chi connectivity index (χ2v) is 6.68. The normalized spacial score (nSPS) is 20.9. The maximum Gasteiger partial charge on any atom is 0.150 e. The van der Waals surface area contributed by atoms with Crippen molar-refractivity contribution >= 4 is 15.5 Å². The lowest BCUT2D eigenvalue weighted by molar-refractivity contribution is 0.559. The van der Waals surface area contributed by atoms with Gasteiger partial charge in [-0.1, -0.05) is 0 Å². The molecule has 0 atom stereocenters. The summed E-state index contributed by atoms with van der Waals surface area (Å²) in [7, 11) is -0.895. The Bertz CT molecular complexity index is 464. The summed E-state index contributed by atoms with van der Waals surface area (Å²) in [5, 5.41) is 7.60. The third-order valence-electron chi connectivity index (χ3n) is 2.93. The van der Waals surface area contributed by atoms with E-state index in [1.807, 2.05) is 20.2 Å². The van der Waals surface area contributed by atoms with Crippen LogP contribution < -0.4 is 5.32 Å². The van der Waals surface area contributed by atoms with Crippen molar-refractivity contribution in [2.75, 3.05) is 16.8 Å². The average molecular weight is 243 g/mol. The van der Waals surface area contributed by atoms with Gasteiger partial charge in [0, 0.05) is 19.3 Å². The Hall–Kier alpha value is -1.04. The van der Waals surface area contributed by atoms with Crippen molar-refractivity contribution in [2.45, 2.75) is 25.8 Å². The van der Waals surface area contributed by atoms with E-state index in [4.69, 9.17) is 0 Å². The first-order chi connectivity index (χ1) is 7.46. The summed E-state index contributed by atoms with van der Waals surface area (Å²) in [5.74, 6) is 0.591. The van der Waals surface area contributed by atoms with E-state index in [0.717, 1.165) is 11.4 Å². The molecule has 0 spiro atoms. The van der Waals surface area contributed by atoms with Crippen molar-refractivity contribution < 1.29 is 8.42 Å². The van der Waals surface area contributed by atoms with E-state index < -0.39 is 9.84 Å². The molecule has 6 heteroatoms. The molecule has 1 saturated heterocycles. The molecule has 0 unspecified atom stereocenters. The Balaban J connectivity index is 1.99. The van der Waals surface area contributed by atoms with Crippen molar-refractivity contribution in [1.82, 2.24) is 9.78 Å². The molecule has 0 saturated carbocycles. The fourth-order valence-electron chi connectivity index (χ4n) is 2.00. The summed E-state index contributed by atoms with van der Waals surface area (Å²) >= 11 is 0. The number of hydrogen-bond donors (Lipinski definition) is 1. The maximum atomic E-state index is 11.3. The lowest BCUT2D eigenvalue weighted by atomic mass is 10.1. The number of hydrogen-bond acceptors (Lipinski definition) is 4. The standard InChI is InChI=1S/C10H17N3O2S/c1-8-10(7-13(2)12-8)11-9-3-5-16(14,15)6-4-9/h7,9,11H,3-6H2,1-2H3. The lowest BCUT2D eigenvalue weighted by Crippen LogP contribution is -2.32. The number of sulfone groups is 1. The third kappa shape index (κ3) is 2.55. The molecule has 90 valence electrons. The van der Waals surface area contributed by atoms with Gasteiger partial charge in [0.05, 0.1) is 22.9 Å². The molecule has 2 heterocycles. The quantitative estimate of drug-likeness (QED) is 0.831. The molecule has 1 aromatic heterocycles. The van der Waals surface area contributed by atoms with E-state index >= 15 is 0 Å². The molecule has 0 bridgehead atoms. The fraction of sp³-hybridized carbons (Fsp3) is 0.700. The second kappa shape index (κ2) is 4.08. The third-order valence-corrected chi connectivity index (χ3v) is 4.64. The molecule has 16 heavy (non-hydrogen) atoms. The highest BCUT2D eigenvalue weighted by Crippen LogP contribution is 2.19. The highest BCUT2D eigenvalue weighted by atomic mass is 32.2. The summed E-state index contributed by atoms with van der Waals surface area (Å²) in [5.41, 5.74) is 1.96. The van der Waals surface area contributed by atoms with Gasteiger partial charge in [-0.3, -0.25) is 4.68 Å². The molecular formula is C10H17N3O2S. The van der Waals surface area contributed by atoms with Gasteiger partial charge in [-0.15, -0.1) is 0 Å². The molecule has 1 N–H and O–H groups in total. The van der Waals surface area contributed by atoms with Gasteiger partial charge in [-0.25, -0.2) is 8.42 Å². The molecule has 1 fully saturated rings. The predicted octanol–water partition coefficient (Wildman–Crippen LogP) is 0.718. The fourth-order valence-corrected chi connectivity index (χ4v) is 3.49. The molecule has 2 rings (SSSR count). The van der Waals surface area contributed by atoms with Gasteiger partial charge in [0.2, 0.25) is 0 Å². The van der Waals surface area contributed by atoms with Crippen LogP contribution in [0, 0.1) is 6.92 Å². The monoisotopic (exact) mass is 243 g/mol. The molecule has 5 nitrogen and oxygen atoms in total. The van der Waals surface area contributed by atoms with Gasteiger partial charge < -0.3 is 5.32 Å². The molecule has 0 radical (unpaired) electrons. The molecule has 0 aliphatic carbocycles. The lowest BCUT2D eigenvalue weighted by Gasteiger charge is -2.23. The van der Waals surface area contributed by atoms with Crippen molar-refractivity contribution in [1.29, 1.82) is 0 Å². The minimum atomic E-state index is -2.77. The summed E-state index contributed by atoms with van der Waals surface area (Å²) in [6.45, 7) is 1.95. The minimum absolute atomic E-state index is 0.256. The first-order valence-corrected chi connectivity index (χ1v) is 7.25. The highest BCUT2D eigenvalue weighted by molar-refractivity contribution is 7.91. The Morgan fingerprint density at radius 1 is 1.44 bits per heavy atom. The summed E-state index contributed by atoms with van der Waals surface area (Å²) in [6.07, 6.45) is 3.31. The van der Waals surface area contributed by atoms with Gasteiger partial charge in [-0.05, 0) is 19.8 Å². The Kier molecular flexibility index (Phi) is 2.92. The molecule has 0 aromatic carbocycles. The number of aryl methyl sites for hydroxylation is 2. The Morgan fingerprint density at radius 3 is 2.56 bits per heavy atom. The van der Waals surface area contributed by atoms with Crippen LogP contribution in [0.25, 0.3) is 0 Å². The number of rotatable bonds is 2. The van der Waals surface area contributed by atoms with E-state index in [0.29, 0.717) is 24.3 Å². The van der Waals surface area contributed by atoms with Gasteiger partial charge >= 0.3 is 0 Å². The predicted molar refractivity (Wildman–Crippen MR) is 63.2 cm³/mol. The van der Waals surface area contributed by atoms with Crippen LogP contribution in [0.1, 0.15) is 18.5 Å². The summed E-state index contributed by atoms with van der Waals surface area (Å²) in [4.78, 5) is 0. The average Bonchev–Trinajstić information content (AvgIpc) is 2.49. The van der Waals surface area contributed by atoms with Crippen LogP contribution in [-0.4, -0.2) is 35.7 Å². The smallest absolute Gasteiger partial charge is 0.150 e. The topological polar surface area (TPSA) is 64.0 Å².